The zero-order valence-corrected chi connectivity index (χ0v) is 18.6. The highest BCUT2D eigenvalue weighted by atomic mass is 16.3. The molecule has 33 heavy (non-hydrogen) atoms. The van der Waals surface area contributed by atoms with Gasteiger partial charge in [-0.3, -0.25) is 9.69 Å². The largest absolute Gasteiger partial charge is 0.444 e. The van der Waals surface area contributed by atoms with Crippen LogP contribution < -0.4 is 10.2 Å². The zero-order valence-electron chi connectivity index (χ0n) is 18.6. The summed E-state index contributed by atoms with van der Waals surface area (Å²) in [5.74, 6) is 1.82. The molecule has 1 amide bonds. The highest BCUT2D eigenvalue weighted by Gasteiger charge is 2.18. The van der Waals surface area contributed by atoms with E-state index < -0.39 is 0 Å². The molecule has 8 heteroatoms. The molecule has 1 saturated heterocycles. The molecular formula is C25H26N6O2. The number of carbonyl (C=O) groups is 1. The normalized spacial score (nSPS) is 14.5. The summed E-state index contributed by atoms with van der Waals surface area (Å²) in [7, 11) is 0. The number of pyridine rings is 2. The summed E-state index contributed by atoms with van der Waals surface area (Å²) < 4.78 is 5.39. The van der Waals surface area contributed by atoms with Crippen molar-refractivity contribution in [3.8, 4) is 11.3 Å². The molecule has 8 nitrogen and oxygen atoms in total. The van der Waals surface area contributed by atoms with Crippen LogP contribution in [0.3, 0.4) is 0 Å². The first-order valence-corrected chi connectivity index (χ1v) is 11.2. The third kappa shape index (κ3) is 4.70. The van der Waals surface area contributed by atoms with Crippen LogP contribution >= 0.6 is 0 Å². The van der Waals surface area contributed by atoms with E-state index in [0.717, 1.165) is 61.3 Å². The SMILES string of the molecule is CCCN1CCN(c2cc(C(=O)Nc3cc4cc(-c5cnco5)ccc4cn3)ccn2)CC1. The first-order valence-electron chi connectivity index (χ1n) is 11.2. The fraction of sp³-hybridized carbons (Fsp3) is 0.280. The van der Waals surface area contributed by atoms with Crippen molar-refractivity contribution in [1.82, 2.24) is 19.9 Å². The molecule has 1 aliphatic heterocycles. The van der Waals surface area contributed by atoms with Gasteiger partial charge in [0.1, 0.15) is 11.6 Å². The Kier molecular flexibility index (Phi) is 5.99. The monoisotopic (exact) mass is 442 g/mol. The van der Waals surface area contributed by atoms with Gasteiger partial charge in [0.15, 0.2) is 12.2 Å². The Morgan fingerprint density at radius 3 is 2.70 bits per heavy atom. The van der Waals surface area contributed by atoms with Crippen LogP contribution in [0.5, 0.6) is 0 Å². The van der Waals surface area contributed by atoms with Crippen molar-refractivity contribution in [3.63, 3.8) is 0 Å². The Morgan fingerprint density at radius 1 is 1.03 bits per heavy atom. The number of amides is 1. The Labute approximate surface area is 192 Å². The number of carbonyl (C=O) groups excluding carboxylic acids is 1. The predicted octanol–water partition coefficient (Wildman–Crippen LogP) is 4.07. The summed E-state index contributed by atoms with van der Waals surface area (Å²) in [5.41, 5.74) is 1.48. The van der Waals surface area contributed by atoms with Crippen molar-refractivity contribution >= 4 is 28.3 Å². The molecule has 0 bridgehead atoms. The summed E-state index contributed by atoms with van der Waals surface area (Å²) in [5, 5.41) is 4.85. The van der Waals surface area contributed by atoms with Gasteiger partial charge in [0.2, 0.25) is 0 Å². The van der Waals surface area contributed by atoms with E-state index in [4.69, 9.17) is 4.42 Å². The molecule has 168 valence electrons. The average molecular weight is 443 g/mol. The van der Waals surface area contributed by atoms with Gasteiger partial charge in [0, 0.05) is 55.1 Å². The molecule has 0 aliphatic carbocycles. The second-order valence-electron chi connectivity index (χ2n) is 8.18. The number of aromatic nitrogens is 3. The quantitative estimate of drug-likeness (QED) is 0.482. The Morgan fingerprint density at radius 2 is 1.91 bits per heavy atom. The number of rotatable bonds is 6. The maximum Gasteiger partial charge on any atom is 0.257 e. The number of nitrogens with one attached hydrogen (secondary N) is 1. The van der Waals surface area contributed by atoms with Crippen LogP contribution in [0.25, 0.3) is 22.1 Å². The second kappa shape index (κ2) is 9.38. The van der Waals surface area contributed by atoms with E-state index in [0.29, 0.717) is 17.1 Å². The van der Waals surface area contributed by atoms with Crippen LogP contribution in [0, 0.1) is 0 Å². The van der Waals surface area contributed by atoms with Crippen LogP contribution in [0.4, 0.5) is 11.6 Å². The van der Waals surface area contributed by atoms with E-state index in [1.807, 2.05) is 30.3 Å². The van der Waals surface area contributed by atoms with E-state index >= 15 is 0 Å². The van der Waals surface area contributed by atoms with Gasteiger partial charge in [-0.1, -0.05) is 19.1 Å². The van der Waals surface area contributed by atoms with Crippen LogP contribution in [0.15, 0.2) is 65.8 Å². The minimum absolute atomic E-state index is 0.207. The van der Waals surface area contributed by atoms with Crippen LogP contribution in [0.2, 0.25) is 0 Å². The zero-order chi connectivity index (χ0) is 22.6. The topological polar surface area (TPSA) is 87.4 Å². The molecule has 0 spiro atoms. The average Bonchev–Trinajstić information content (AvgIpc) is 3.39. The number of benzene rings is 1. The van der Waals surface area contributed by atoms with E-state index in [1.165, 1.54) is 6.39 Å². The molecule has 0 radical (unpaired) electrons. The van der Waals surface area contributed by atoms with Crippen LogP contribution in [-0.2, 0) is 0 Å². The lowest BCUT2D eigenvalue weighted by Crippen LogP contribution is -2.46. The molecule has 0 atom stereocenters. The third-order valence-electron chi connectivity index (χ3n) is 5.92. The van der Waals surface area contributed by atoms with Crippen molar-refractivity contribution < 1.29 is 9.21 Å². The minimum atomic E-state index is -0.207. The first kappa shape index (κ1) is 21.1. The van der Waals surface area contributed by atoms with Crippen molar-refractivity contribution in [2.24, 2.45) is 0 Å². The highest BCUT2D eigenvalue weighted by molar-refractivity contribution is 6.05. The van der Waals surface area contributed by atoms with Crippen molar-refractivity contribution in [2.75, 3.05) is 42.9 Å². The van der Waals surface area contributed by atoms with Crippen molar-refractivity contribution in [2.45, 2.75) is 13.3 Å². The molecule has 1 N–H and O–H groups in total. The fourth-order valence-electron chi connectivity index (χ4n) is 4.16. The number of fused-ring (bicyclic) bond motifs is 1. The van der Waals surface area contributed by atoms with Gasteiger partial charge in [-0.2, -0.15) is 0 Å². The lowest BCUT2D eigenvalue weighted by atomic mass is 10.1. The van der Waals surface area contributed by atoms with E-state index in [1.54, 1.807) is 24.7 Å². The fourth-order valence-corrected chi connectivity index (χ4v) is 4.16. The van der Waals surface area contributed by atoms with Crippen LogP contribution in [-0.4, -0.2) is 58.5 Å². The lowest BCUT2D eigenvalue weighted by Gasteiger charge is -2.35. The van der Waals surface area contributed by atoms with Gasteiger partial charge in [-0.25, -0.2) is 15.0 Å². The Balaban J connectivity index is 1.31. The third-order valence-corrected chi connectivity index (χ3v) is 5.92. The summed E-state index contributed by atoms with van der Waals surface area (Å²) in [6.07, 6.45) is 7.70. The number of hydrogen-bond acceptors (Lipinski definition) is 7. The van der Waals surface area contributed by atoms with Gasteiger partial charge in [-0.15, -0.1) is 0 Å². The molecule has 0 unspecified atom stereocenters. The molecule has 1 fully saturated rings. The Bertz CT molecular complexity index is 1250. The van der Waals surface area contributed by atoms with Crippen molar-refractivity contribution in [3.05, 3.63) is 66.9 Å². The van der Waals surface area contributed by atoms with Gasteiger partial charge in [-0.05, 0) is 42.6 Å². The molecule has 5 rings (SSSR count). The molecule has 3 aromatic heterocycles. The number of oxazole rings is 1. The minimum Gasteiger partial charge on any atom is -0.444 e. The van der Waals surface area contributed by atoms with Crippen LogP contribution in [0.1, 0.15) is 23.7 Å². The second-order valence-corrected chi connectivity index (χ2v) is 8.18. The number of piperazine rings is 1. The summed E-state index contributed by atoms with van der Waals surface area (Å²) in [6, 6.07) is 11.4. The lowest BCUT2D eigenvalue weighted by molar-refractivity contribution is 0.102. The molecule has 1 aliphatic rings. The van der Waals surface area contributed by atoms with Gasteiger partial charge < -0.3 is 14.6 Å². The standard InChI is InChI=1S/C25H26N6O2/c1-2-7-30-8-10-31(11-9-30)24-14-19(5-6-27-24)25(32)29-23-13-21-12-18(22-16-26-17-33-22)3-4-20(21)15-28-23/h3-6,12-17H,2,7-11H2,1H3,(H,28,29,32). The molecule has 4 aromatic rings. The van der Waals surface area contributed by atoms with E-state index in [2.05, 4.69) is 37.0 Å². The van der Waals surface area contributed by atoms with Gasteiger partial charge in [0.25, 0.3) is 5.91 Å². The summed E-state index contributed by atoms with van der Waals surface area (Å²) in [4.78, 5) is 30.5. The first-order chi connectivity index (χ1) is 16.2. The number of anilines is 2. The highest BCUT2D eigenvalue weighted by Crippen LogP contribution is 2.25. The smallest absolute Gasteiger partial charge is 0.257 e. The van der Waals surface area contributed by atoms with E-state index in [9.17, 15) is 4.79 Å². The number of hydrogen-bond donors (Lipinski definition) is 1. The molecule has 1 aromatic carbocycles. The summed E-state index contributed by atoms with van der Waals surface area (Å²) in [6.45, 7) is 7.19. The van der Waals surface area contributed by atoms with Gasteiger partial charge >= 0.3 is 0 Å². The predicted molar refractivity (Wildman–Crippen MR) is 128 cm³/mol. The molecular weight excluding hydrogens is 416 g/mol. The molecule has 0 saturated carbocycles. The summed E-state index contributed by atoms with van der Waals surface area (Å²) >= 11 is 0. The van der Waals surface area contributed by atoms with Crippen molar-refractivity contribution in [1.29, 1.82) is 0 Å². The van der Waals surface area contributed by atoms with Gasteiger partial charge in [0.05, 0.1) is 6.20 Å². The van der Waals surface area contributed by atoms with E-state index in [-0.39, 0.29) is 5.91 Å². The maximum atomic E-state index is 12.9. The molecule has 4 heterocycles. The maximum absolute atomic E-state index is 12.9. The Hall–Kier alpha value is -3.78. The number of nitrogens with zero attached hydrogens (tertiary/aromatic N) is 5.